The van der Waals surface area contributed by atoms with Gasteiger partial charge in [-0.05, 0) is 45.9 Å². The molecule has 3 heteroatoms. The van der Waals surface area contributed by atoms with Gasteiger partial charge in [-0.1, -0.05) is 19.8 Å². The maximum absolute atomic E-state index is 5.88. The van der Waals surface area contributed by atoms with E-state index in [0.717, 1.165) is 26.2 Å². The van der Waals surface area contributed by atoms with Gasteiger partial charge in [-0.25, -0.2) is 0 Å². The Balaban J connectivity index is 1.92. The number of unbranched alkanes of at least 4 members (excludes halogenated alkanes) is 2. The molecule has 0 atom stereocenters. The first-order chi connectivity index (χ1) is 7.83. The van der Waals surface area contributed by atoms with Crippen LogP contribution in [0.2, 0.25) is 0 Å². The second-order valence-electron chi connectivity index (χ2n) is 4.83. The number of piperidine rings is 1. The van der Waals surface area contributed by atoms with Crippen molar-refractivity contribution in [1.82, 2.24) is 10.2 Å². The molecule has 0 radical (unpaired) electrons. The molecule has 96 valence electrons. The van der Waals surface area contributed by atoms with Crippen LogP contribution in [0.5, 0.6) is 0 Å². The summed E-state index contributed by atoms with van der Waals surface area (Å²) in [5.74, 6) is 0. The predicted octanol–water partition coefficient (Wildman–Crippen LogP) is 1.88. The summed E-state index contributed by atoms with van der Waals surface area (Å²) >= 11 is 0. The molecule has 1 N–H and O–H groups in total. The minimum atomic E-state index is 0.505. The highest BCUT2D eigenvalue weighted by Gasteiger charge is 2.12. The lowest BCUT2D eigenvalue weighted by molar-refractivity contribution is 0.0230. The van der Waals surface area contributed by atoms with Crippen LogP contribution in [-0.2, 0) is 4.74 Å². The van der Waals surface area contributed by atoms with Crippen molar-refractivity contribution in [2.24, 2.45) is 0 Å². The predicted molar refractivity (Wildman–Crippen MR) is 68.9 cm³/mol. The lowest BCUT2D eigenvalue weighted by Gasteiger charge is -2.24. The van der Waals surface area contributed by atoms with Crippen molar-refractivity contribution >= 4 is 0 Å². The molecular formula is C13H28N2O. The molecule has 1 fully saturated rings. The number of hydrogen-bond acceptors (Lipinski definition) is 3. The first-order valence-corrected chi connectivity index (χ1v) is 6.83. The van der Waals surface area contributed by atoms with E-state index in [2.05, 4.69) is 24.2 Å². The fourth-order valence-corrected chi connectivity index (χ4v) is 2.08. The maximum atomic E-state index is 5.88. The van der Waals surface area contributed by atoms with E-state index in [9.17, 15) is 0 Å². The summed E-state index contributed by atoms with van der Waals surface area (Å²) in [6.45, 7) is 7.68. The number of nitrogens with zero attached hydrogens (tertiary/aromatic N) is 1. The first-order valence-electron chi connectivity index (χ1n) is 6.83. The second-order valence-corrected chi connectivity index (χ2v) is 4.83. The molecule has 0 aromatic carbocycles. The van der Waals surface area contributed by atoms with E-state index in [-0.39, 0.29) is 0 Å². The SMILES string of the molecule is CCCCCN(C)CCOC1CCNCC1. The molecule has 0 aromatic heterocycles. The summed E-state index contributed by atoms with van der Waals surface area (Å²) in [7, 11) is 2.20. The van der Waals surface area contributed by atoms with E-state index in [4.69, 9.17) is 4.74 Å². The highest BCUT2D eigenvalue weighted by Crippen LogP contribution is 2.06. The number of nitrogens with one attached hydrogen (secondary N) is 1. The molecule has 1 aliphatic heterocycles. The number of hydrogen-bond donors (Lipinski definition) is 1. The van der Waals surface area contributed by atoms with Gasteiger partial charge in [-0.2, -0.15) is 0 Å². The highest BCUT2D eigenvalue weighted by atomic mass is 16.5. The number of rotatable bonds is 8. The Morgan fingerprint density at radius 2 is 1.94 bits per heavy atom. The van der Waals surface area contributed by atoms with Gasteiger partial charge in [0.15, 0.2) is 0 Å². The monoisotopic (exact) mass is 228 g/mol. The van der Waals surface area contributed by atoms with Gasteiger partial charge in [0, 0.05) is 6.54 Å². The summed E-state index contributed by atoms with van der Waals surface area (Å²) in [5.41, 5.74) is 0. The van der Waals surface area contributed by atoms with Crippen LogP contribution >= 0.6 is 0 Å². The van der Waals surface area contributed by atoms with Gasteiger partial charge in [0.25, 0.3) is 0 Å². The summed E-state index contributed by atoms with van der Waals surface area (Å²) < 4.78 is 5.88. The van der Waals surface area contributed by atoms with Crippen molar-refractivity contribution in [3.63, 3.8) is 0 Å². The molecule has 1 heterocycles. The van der Waals surface area contributed by atoms with E-state index in [1.807, 2.05) is 0 Å². The molecule has 0 aliphatic carbocycles. The van der Waals surface area contributed by atoms with Crippen molar-refractivity contribution in [1.29, 1.82) is 0 Å². The number of ether oxygens (including phenoxy) is 1. The van der Waals surface area contributed by atoms with E-state index in [1.165, 1.54) is 38.6 Å². The Bertz CT molecular complexity index is 158. The Kier molecular flexibility index (Phi) is 7.81. The van der Waals surface area contributed by atoms with E-state index < -0.39 is 0 Å². The van der Waals surface area contributed by atoms with Crippen LogP contribution in [0, 0.1) is 0 Å². The zero-order valence-electron chi connectivity index (χ0n) is 11.0. The quantitative estimate of drug-likeness (QED) is 0.642. The van der Waals surface area contributed by atoms with Gasteiger partial charge in [-0.3, -0.25) is 0 Å². The van der Waals surface area contributed by atoms with Crippen LogP contribution in [0.4, 0.5) is 0 Å². The molecule has 0 bridgehead atoms. The zero-order chi connectivity index (χ0) is 11.6. The van der Waals surface area contributed by atoms with E-state index in [0.29, 0.717) is 6.10 Å². The molecule has 0 aromatic rings. The fourth-order valence-electron chi connectivity index (χ4n) is 2.08. The van der Waals surface area contributed by atoms with Crippen LogP contribution in [-0.4, -0.2) is 50.8 Å². The van der Waals surface area contributed by atoms with Crippen molar-refractivity contribution in [3.8, 4) is 0 Å². The molecule has 1 aliphatic rings. The van der Waals surface area contributed by atoms with Gasteiger partial charge < -0.3 is 15.0 Å². The normalized spacial score (nSPS) is 18.2. The van der Waals surface area contributed by atoms with Crippen molar-refractivity contribution in [2.75, 3.05) is 39.8 Å². The van der Waals surface area contributed by atoms with Crippen molar-refractivity contribution in [3.05, 3.63) is 0 Å². The molecular weight excluding hydrogens is 200 g/mol. The van der Waals surface area contributed by atoms with E-state index >= 15 is 0 Å². The first kappa shape index (κ1) is 13.9. The van der Waals surface area contributed by atoms with Gasteiger partial charge >= 0.3 is 0 Å². The third-order valence-electron chi connectivity index (χ3n) is 3.26. The molecule has 0 unspecified atom stereocenters. The highest BCUT2D eigenvalue weighted by molar-refractivity contribution is 4.68. The van der Waals surface area contributed by atoms with Crippen LogP contribution in [0.3, 0.4) is 0 Å². The van der Waals surface area contributed by atoms with Crippen LogP contribution in [0.15, 0.2) is 0 Å². The maximum Gasteiger partial charge on any atom is 0.0600 e. The summed E-state index contributed by atoms with van der Waals surface area (Å²) in [6.07, 6.45) is 6.84. The van der Waals surface area contributed by atoms with Gasteiger partial charge in [0.05, 0.1) is 12.7 Å². The van der Waals surface area contributed by atoms with Crippen molar-refractivity contribution in [2.45, 2.75) is 45.1 Å². The summed E-state index contributed by atoms with van der Waals surface area (Å²) in [4.78, 5) is 2.39. The topological polar surface area (TPSA) is 24.5 Å². The molecule has 0 spiro atoms. The summed E-state index contributed by atoms with van der Waals surface area (Å²) in [5, 5.41) is 3.36. The lowest BCUT2D eigenvalue weighted by Crippen LogP contribution is -2.34. The van der Waals surface area contributed by atoms with E-state index in [1.54, 1.807) is 0 Å². The molecule has 1 rings (SSSR count). The van der Waals surface area contributed by atoms with Crippen LogP contribution < -0.4 is 5.32 Å². The Hall–Kier alpha value is -0.120. The Morgan fingerprint density at radius 3 is 2.62 bits per heavy atom. The zero-order valence-corrected chi connectivity index (χ0v) is 11.0. The molecule has 0 saturated carbocycles. The molecule has 16 heavy (non-hydrogen) atoms. The van der Waals surface area contributed by atoms with Gasteiger partial charge in [0.2, 0.25) is 0 Å². The smallest absolute Gasteiger partial charge is 0.0600 e. The molecule has 1 saturated heterocycles. The molecule has 0 amide bonds. The van der Waals surface area contributed by atoms with Gasteiger partial charge in [0.1, 0.15) is 0 Å². The lowest BCUT2D eigenvalue weighted by atomic mass is 10.1. The average Bonchev–Trinajstić information content (AvgIpc) is 2.31. The van der Waals surface area contributed by atoms with Crippen LogP contribution in [0.1, 0.15) is 39.0 Å². The second kappa shape index (κ2) is 8.97. The summed E-state index contributed by atoms with van der Waals surface area (Å²) in [6, 6.07) is 0. The largest absolute Gasteiger partial charge is 0.377 e. The standard InChI is InChI=1S/C13H28N2O/c1-3-4-5-10-15(2)11-12-16-13-6-8-14-9-7-13/h13-14H,3-12H2,1-2H3. The molecule has 3 nitrogen and oxygen atoms in total. The number of likely N-dealkylation sites (N-methyl/N-ethyl adjacent to an activating group) is 1. The van der Waals surface area contributed by atoms with Gasteiger partial charge in [-0.15, -0.1) is 0 Å². The average molecular weight is 228 g/mol. The Morgan fingerprint density at radius 1 is 1.19 bits per heavy atom. The fraction of sp³-hybridized carbons (Fsp3) is 1.00. The minimum Gasteiger partial charge on any atom is -0.377 e. The third kappa shape index (κ3) is 6.46. The van der Waals surface area contributed by atoms with Crippen molar-refractivity contribution < 1.29 is 4.74 Å². The van der Waals surface area contributed by atoms with Crippen LogP contribution in [0.25, 0.3) is 0 Å². The minimum absolute atomic E-state index is 0.505. The third-order valence-corrected chi connectivity index (χ3v) is 3.26. The Labute approximate surface area is 101 Å².